The molecule has 1 aromatic carbocycles. The van der Waals surface area contributed by atoms with E-state index >= 15 is 0 Å². The molecule has 1 fully saturated rings. The van der Waals surface area contributed by atoms with Gasteiger partial charge in [0.2, 0.25) is 0 Å². The van der Waals surface area contributed by atoms with Crippen molar-refractivity contribution in [3.05, 3.63) is 23.8 Å². The Hall–Kier alpha value is -1.75. The SMILES string of the molecule is CCC1CN(C(=O)c2cc(OC)ccc2OC)CCC1O. The topological polar surface area (TPSA) is 59.0 Å². The molecule has 0 aromatic heterocycles. The lowest BCUT2D eigenvalue weighted by Gasteiger charge is -2.36. The van der Waals surface area contributed by atoms with Gasteiger partial charge in [-0.25, -0.2) is 0 Å². The predicted octanol–water partition coefficient (Wildman–Crippen LogP) is 1.94. The molecule has 5 nitrogen and oxygen atoms in total. The molecule has 1 aliphatic rings. The van der Waals surface area contributed by atoms with E-state index in [9.17, 15) is 9.90 Å². The van der Waals surface area contributed by atoms with Gasteiger partial charge in [-0.3, -0.25) is 4.79 Å². The highest BCUT2D eigenvalue weighted by Gasteiger charge is 2.30. The van der Waals surface area contributed by atoms with Gasteiger partial charge >= 0.3 is 0 Å². The predicted molar refractivity (Wildman–Crippen MR) is 79.9 cm³/mol. The first kappa shape index (κ1) is 15.6. The van der Waals surface area contributed by atoms with Gasteiger partial charge in [-0.15, -0.1) is 0 Å². The maximum Gasteiger partial charge on any atom is 0.257 e. The highest BCUT2D eigenvalue weighted by atomic mass is 16.5. The second kappa shape index (κ2) is 6.80. The van der Waals surface area contributed by atoms with Gasteiger partial charge in [0, 0.05) is 19.0 Å². The molecule has 1 amide bonds. The zero-order valence-corrected chi connectivity index (χ0v) is 12.8. The van der Waals surface area contributed by atoms with Crippen LogP contribution in [0.1, 0.15) is 30.1 Å². The average molecular weight is 293 g/mol. The summed E-state index contributed by atoms with van der Waals surface area (Å²) in [6.45, 7) is 3.18. The average Bonchev–Trinajstić information content (AvgIpc) is 2.54. The van der Waals surface area contributed by atoms with Gasteiger partial charge in [0.25, 0.3) is 5.91 Å². The lowest BCUT2D eigenvalue weighted by Crippen LogP contribution is -2.45. The number of rotatable bonds is 4. The number of hydrogen-bond acceptors (Lipinski definition) is 4. The summed E-state index contributed by atoms with van der Waals surface area (Å²) < 4.78 is 10.5. The smallest absolute Gasteiger partial charge is 0.257 e. The van der Waals surface area contributed by atoms with Crippen LogP contribution >= 0.6 is 0 Å². The van der Waals surface area contributed by atoms with Crippen molar-refractivity contribution in [1.29, 1.82) is 0 Å². The molecule has 2 unspecified atom stereocenters. The van der Waals surface area contributed by atoms with Crippen LogP contribution in [0, 0.1) is 5.92 Å². The van der Waals surface area contributed by atoms with Crippen molar-refractivity contribution in [3.8, 4) is 11.5 Å². The minimum absolute atomic E-state index is 0.0731. The zero-order valence-electron chi connectivity index (χ0n) is 12.8. The summed E-state index contributed by atoms with van der Waals surface area (Å²) >= 11 is 0. The van der Waals surface area contributed by atoms with Crippen LogP contribution in [0.3, 0.4) is 0 Å². The summed E-state index contributed by atoms with van der Waals surface area (Å²) in [6.07, 6.45) is 1.17. The van der Waals surface area contributed by atoms with E-state index in [-0.39, 0.29) is 17.9 Å². The molecule has 0 bridgehead atoms. The normalized spacial score (nSPS) is 22.0. The molecule has 1 aliphatic heterocycles. The molecule has 0 aliphatic carbocycles. The molecule has 116 valence electrons. The van der Waals surface area contributed by atoms with Gasteiger partial charge < -0.3 is 19.5 Å². The molecule has 2 atom stereocenters. The fraction of sp³-hybridized carbons (Fsp3) is 0.562. The highest BCUT2D eigenvalue weighted by Crippen LogP contribution is 2.28. The molecule has 1 aromatic rings. The van der Waals surface area contributed by atoms with E-state index in [1.807, 2.05) is 6.92 Å². The molecule has 0 spiro atoms. The first-order valence-electron chi connectivity index (χ1n) is 7.30. The van der Waals surface area contributed by atoms with Crippen LogP contribution in [0.25, 0.3) is 0 Å². The minimum atomic E-state index is -0.314. The van der Waals surface area contributed by atoms with Gasteiger partial charge in [0.1, 0.15) is 11.5 Å². The number of likely N-dealkylation sites (tertiary alicyclic amines) is 1. The minimum Gasteiger partial charge on any atom is -0.497 e. The molecule has 1 heterocycles. The number of methoxy groups -OCH3 is 2. The van der Waals surface area contributed by atoms with Crippen LogP contribution < -0.4 is 9.47 Å². The summed E-state index contributed by atoms with van der Waals surface area (Å²) in [6, 6.07) is 5.21. The van der Waals surface area contributed by atoms with E-state index in [1.165, 1.54) is 0 Å². The van der Waals surface area contributed by atoms with Crippen molar-refractivity contribution < 1.29 is 19.4 Å². The molecule has 1 saturated heterocycles. The van der Waals surface area contributed by atoms with Gasteiger partial charge in [-0.1, -0.05) is 6.92 Å². The van der Waals surface area contributed by atoms with Crippen LogP contribution in [-0.4, -0.2) is 49.3 Å². The van der Waals surface area contributed by atoms with Crippen molar-refractivity contribution >= 4 is 5.91 Å². The molecule has 2 rings (SSSR count). The number of ether oxygens (including phenoxy) is 2. The molecule has 0 saturated carbocycles. The van der Waals surface area contributed by atoms with Gasteiger partial charge in [0.15, 0.2) is 0 Å². The van der Waals surface area contributed by atoms with Gasteiger partial charge in [-0.2, -0.15) is 0 Å². The molecule has 5 heteroatoms. The number of aliphatic hydroxyl groups excluding tert-OH is 1. The maximum absolute atomic E-state index is 12.7. The number of nitrogens with zero attached hydrogens (tertiary/aromatic N) is 1. The molecular weight excluding hydrogens is 270 g/mol. The van der Waals surface area contributed by atoms with Crippen molar-refractivity contribution in [1.82, 2.24) is 4.90 Å². The standard InChI is InChI=1S/C16H23NO4/c1-4-11-10-17(8-7-14(11)18)16(19)13-9-12(20-2)5-6-15(13)21-3/h5-6,9,11,14,18H,4,7-8,10H2,1-3H3. The van der Waals surface area contributed by atoms with Gasteiger partial charge in [0.05, 0.1) is 25.9 Å². The largest absolute Gasteiger partial charge is 0.497 e. The lowest BCUT2D eigenvalue weighted by molar-refractivity contribution is 0.0227. The monoisotopic (exact) mass is 293 g/mol. The zero-order chi connectivity index (χ0) is 15.4. The van der Waals surface area contributed by atoms with E-state index in [0.717, 1.165) is 6.42 Å². The summed E-state index contributed by atoms with van der Waals surface area (Å²) in [7, 11) is 3.12. The van der Waals surface area contributed by atoms with Crippen LogP contribution in [0.2, 0.25) is 0 Å². The number of benzene rings is 1. The van der Waals surface area contributed by atoms with Crippen molar-refractivity contribution in [2.24, 2.45) is 5.92 Å². The summed E-state index contributed by atoms with van der Waals surface area (Å²) in [5.74, 6) is 1.23. The Kier molecular flexibility index (Phi) is 5.07. The molecular formula is C16H23NO4. The van der Waals surface area contributed by atoms with Crippen LogP contribution in [0.15, 0.2) is 18.2 Å². The maximum atomic E-state index is 12.7. The van der Waals surface area contributed by atoms with Gasteiger partial charge in [-0.05, 0) is 31.0 Å². The summed E-state index contributed by atoms with van der Waals surface area (Å²) in [5.41, 5.74) is 0.503. The van der Waals surface area contributed by atoms with Crippen molar-refractivity contribution in [2.45, 2.75) is 25.9 Å². The number of amides is 1. The Bertz CT molecular complexity index is 503. The fourth-order valence-corrected chi connectivity index (χ4v) is 2.76. The lowest BCUT2D eigenvalue weighted by atomic mass is 9.92. The highest BCUT2D eigenvalue weighted by molar-refractivity contribution is 5.97. The Morgan fingerprint density at radius 3 is 2.76 bits per heavy atom. The van der Waals surface area contributed by atoms with Crippen molar-refractivity contribution in [3.63, 3.8) is 0 Å². The van der Waals surface area contributed by atoms with E-state index in [4.69, 9.17) is 9.47 Å². The second-order valence-electron chi connectivity index (χ2n) is 5.34. The molecule has 1 N–H and O–H groups in total. The Morgan fingerprint density at radius 2 is 2.14 bits per heavy atom. The Labute approximate surface area is 125 Å². The summed E-state index contributed by atoms with van der Waals surface area (Å²) in [5, 5.41) is 9.94. The number of piperidine rings is 1. The number of carbonyl (C=O) groups excluding carboxylic acids is 1. The first-order chi connectivity index (χ1) is 10.1. The quantitative estimate of drug-likeness (QED) is 0.921. The third-order valence-corrected chi connectivity index (χ3v) is 4.14. The van der Waals surface area contributed by atoms with Crippen LogP contribution in [0.4, 0.5) is 0 Å². The number of carbonyl (C=O) groups is 1. The van der Waals surface area contributed by atoms with E-state index in [2.05, 4.69) is 0 Å². The Morgan fingerprint density at radius 1 is 1.38 bits per heavy atom. The van der Waals surface area contributed by atoms with Crippen LogP contribution in [-0.2, 0) is 0 Å². The Balaban J connectivity index is 2.23. The van der Waals surface area contributed by atoms with Crippen molar-refractivity contribution in [2.75, 3.05) is 27.3 Å². The van der Waals surface area contributed by atoms with E-state index < -0.39 is 0 Å². The summed E-state index contributed by atoms with van der Waals surface area (Å²) in [4.78, 5) is 14.5. The number of hydrogen-bond donors (Lipinski definition) is 1. The molecule has 0 radical (unpaired) electrons. The third kappa shape index (κ3) is 3.29. The third-order valence-electron chi connectivity index (χ3n) is 4.14. The van der Waals surface area contributed by atoms with E-state index in [1.54, 1.807) is 37.3 Å². The second-order valence-corrected chi connectivity index (χ2v) is 5.34. The molecule has 21 heavy (non-hydrogen) atoms. The van der Waals surface area contributed by atoms with Crippen LogP contribution in [0.5, 0.6) is 11.5 Å². The van der Waals surface area contributed by atoms with E-state index in [0.29, 0.717) is 36.6 Å². The first-order valence-corrected chi connectivity index (χ1v) is 7.30. The number of aliphatic hydroxyl groups is 1. The fourth-order valence-electron chi connectivity index (χ4n) is 2.76.